The molecule has 2 aromatic carbocycles. The van der Waals surface area contributed by atoms with Crippen LogP contribution in [-0.2, 0) is 16.1 Å². The van der Waals surface area contributed by atoms with Crippen LogP contribution in [-0.4, -0.2) is 46.1 Å². The molecule has 7 N–H and O–H groups in total. The highest BCUT2D eigenvalue weighted by Crippen LogP contribution is 2.58. The smallest absolute Gasteiger partial charge is 0.323 e. The lowest BCUT2D eigenvalue weighted by molar-refractivity contribution is -0.147. The van der Waals surface area contributed by atoms with E-state index in [4.69, 9.17) is 9.47 Å². The zero-order valence-electron chi connectivity index (χ0n) is 22.3. The summed E-state index contributed by atoms with van der Waals surface area (Å²) in [6.07, 6.45) is 5.37. The summed E-state index contributed by atoms with van der Waals surface area (Å²) in [7, 11) is -1.56. The van der Waals surface area contributed by atoms with Gasteiger partial charge in [-0.05, 0) is 49.9 Å². The third-order valence-corrected chi connectivity index (χ3v) is 9.55. The Morgan fingerprint density at radius 3 is 2.57 bits per heavy atom. The van der Waals surface area contributed by atoms with Crippen molar-refractivity contribution in [1.29, 1.82) is 0 Å². The molecule has 2 aromatic rings. The van der Waals surface area contributed by atoms with Crippen molar-refractivity contribution < 1.29 is 23.4 Å². The van der Waals surface area contributed by atoms with Crippen molar-refractivity contribution in [3.8, 4) is 5.75 Å². The Bertz CT molecular complexity index is 1050. The van der Waals surface area contributed by atoms with Crippen LogP contribution >= 0.6 is 10.6 Å². The molecular weight excluding hydrogens is 490 g/mol. The number of hydrogen-bond donors (Lipinski definition) is 5. The monoisotopic (exact) mass is 533 g/mol. The van der Waals surface area contributed by atoms with Crippen LogP contribution < -0.4 is 21.5 Å². The standard InChI is InChI=1S/C28H40N2O5S.H3N/c1-4-6-14-28(5-2)19-36(32,33)25-16-21(18-35-27(31)23-13-10-15-29-23)24(34-3)17-22(25)26(30-28)20-11-8-7-9-12-20;/h7-9,11-12,16-17,23,26,29-30,32-33H,4-6,10,13-15,18-19H2,1-3H3;1H3/t23-,26-,28-;/m1./s1. The van der Waals surface area contributed by atoms with Crippen LogP contribution in [0.2, 0.25) is 0 Å². The van der Waals surface area contributed by atoms with Gasteiger partial charge in [0.05, 0.1) is 23.8 Å². The molecule has 2 aliphatic rings. The summed E-state index contributed by atoms with van der Waals surface area (Å²) in [6.45, 7) is 5.09. The summed E-state index contributed by atoms with van der Waals surface area (Å²) in [6, 6.07) is 13.3. The average molecular weight is 534 g/mol. The summed E-state index contributed by atoms with van der Waals surface area (Å²) in [4.78, 5) is 13.0. The first-order valence-corrected chi connectivity index (χ1v) is 14.7. The Labute approximate surface area is 222 Å². The van der Waals surface area contributed by atoms with Gasteiger partial charge in [0.2, 0.25) is 0 Å². The molecule has 0 bridgehead atoms. The molecule has 2 heterocycles. The first kappa shape index (κ1) is 29.4. The predicted molar refractivity (Wildman–Crippen MR) is 149 cm³/mol. The van der Waals surface area contributed by atoms with Gasteiger partial charge in [0.1, 0.15) is 18.4 Å². The van der Waals surface area contributed by atoms with Gasteiger partial charge in [0.25, 0.3) is 0 Å². The summed E-state index contributed by atoms with van der Waals surface area (Å²) in [5.41, 5.74) is 2.05. The minimum Gasteiger partial charge on any atom is -0.496 e. The average Bonchev–Trinajstić information content (AvgIpc) is 3.41. The normalized spacial score (nSPS) is 25.3. The van der Waals surface area contributed by atoms with Crippen molar-refractivity contribution in [3.05, 3.63) is 59.2 Å². The van der Waals surface area contributed by atoms with Gasteiger partial charge < -0.3 is 20.9 Å². The summed E-state index contributed by atoms with van der Waals surface area (Å²) >= 11 is 0. The number of methoxy groups -OCH3 is 1. The Kier molecular flexibility index (Phi) is 10.0. The quantitative estimate of drug-likeness (QED) is 0.256. The van der Waals surface area contributed by atoms with Crippen molar-refractivity contribution in [2.75, 3.05) is 19.4 Å². The van der Waals surface area contributed by atoms with Crippen molar-refractivity contribution >= 4 is 16.6 Å². The molecule has 0 unspecified atom stereocenters. The van der Waals surface area contributed by atoms with E-state index in [0.29, 0.717) is 16.2 Å². The zero-order valence-corrected chi connectivity index (χ0v) is 23.1. The highest BCUT2D eigenvalue weighted by molar-refractivity contribution is 8.24. The number of esters is 1. The fraction of sp³-hybridized carbons (Fsp3) is 0.536. The third kappa shape index (κ3) is 6.47. The maximum Gasteiger partial charge on any atom is 0.323 e. The maximum atomic E-state index is 12.5. The van der Waals surface area contributed by atoms with Gasteiger partial charge in [-0.1, -0.05) is 57.0 Å². The topological polar surface area (TPSA) is 135 Å². The van der Waals surface area contributed by atoms with Gasteiger partial charge in [0, 0.05) is 16.7 Å². The first-order chi connectivity index (χ1) is 17.3. The summed E-state index contributed by atoms with van der Waals surface area (Å²) in [5.74, 6) is 0.519. The van der Waals surface area contributed by atoms with Crippen LogP contribution in [0.1, 0.15) is 75.1 Å². The fourth-order valence-corrected chi connectivity index (χ4v) is 7.65. The van der Waals surface area contributed by atoms with Crippen LogP contribution in [0, 0.1) is 0 Å². The van der Waals surface area contributed by atoms with Crippen LogP contribution in [0.4, 0.5) is 0 Å². The number of ether oxygens (including phenoxy) is 2. The number of fused-ring (bicyclic) bond motifs is 1. The van der Waals surface area contributed by atoms with Crippen molar-refractivity contribution in [2.45, 2.75) is 81.5 Å². The van der Waals surface area contributed by atoms with Gasteiger partial charge in [-0.15, -0.1) is 0 Å². The number of nitrogens with one attached hydrogen (secondary N) is 2. The lowest BCUT2D eigenvalue weighted by Crippen LogP contribution is -2.49. The van der Waals surface area contributed by atoms with Crippen LogP contribution in [0.15, 0.2) is 47.4 Å². The third-order valence-electron chi connectivity index (χ3n) is 7.54. The Balaban J connectivity index is 0.00000380. The second kappa shape index (κ2) is 12.6. The fourth-order valence-electron chi connectivity index (χ4n) is 5.40. The Morgan fingerprint density at radius 2 is 1.95 bits per heavy atom. The molecule has 0 aromatic heterocycles. The lowest BCUT2D eigenvalue weighted by Gasteiger charge is -2.42. The molecule has 4 rings (SSSR count). The molecule has 37 heavy (non-hydrogen) atoms. The molecule has 9 heteroatoms. The van der Waals surface area contributed by atoms with E-state index in [2.05, 4.69) is 36.6 Å². The van der Waals surface area contributed by atoms with Gasteiger partial charge in [-0.2, -0.15) is 10.6 Å². The molecule has 1 saturated heterocycles. The summed E-state index contributed by atoms with van der Waals surface area (Å²) < 4.78 is 34.6. The minimum atomic E-state index is -3.14. The largest absolute Gasteiger partial charge is 0.496 e. The number of carbonyl (C=O) groups is 1. The maximum absolute atomic E-state index is 12.5. The van der Waals surface area contributed by atoms with E-state index in [1.807, 2.05) is 24.3 Å². The van der Waals surface area contributed by atoms with Crippen molar-refractivity contribution in [1.82, 2.24) is 16.8 Å². The highest BCUT2D eigenvalue weighted by Gasteiger charge is 2.42. The number of hydrogen-bond acceptors (Lipinski definition) is 8. The number of unbranched alkanes of at least 4 members (excludes halogenated alkanes) is 1. The second-order valence-corrected chi connectivity index (χ2v) is 12.1. The van der Waals surface area contributed by atoms with Crippen LogP contribution in [0.3, 0.4) is 0 Å². The van der Waals surface area contributed by atoms with Crippen LogP contribution in [0.5, 0.6) is 5.75 Å². The van der Waals surface area contributed by atoms with E-state index in [1.54, 1.807) is 13.2 Å². The molecule has 0 spiro atoms. The molecule has 2 aliphatic heterocycles. The second-order valence-electron chi connectivity index (χ2n) is 10.00. The zero-order chi connectivity index (χ0) is 25.8. The molecule has 206 valence electrons. The molecule has 0 amide bonds. The van der Waals surface area contributed by atoms with Gasteiger partial charge >= 0.3 is 5.97 Å². The van der Waals surface area contributed by atoms with Crippen molar-refractivity contribution in [3.63, 3.8) is 0 Å². The van der Waals surface area contributed by atoms with E-state index in [9.17, 15) is 13.9 Å². The molecule has 0 saturated carbocycles. The Morgan fingerprint density at radius 1 is 1.19 bits per heavy atom. The van der Waals surface area contributed by atoms with E-state index in [-0.39, 0.29) is 36.6 Å². The van der Waals surface area contributed by atoms with Crippen molar-refractivity contribution in [2.24, 2.45) is 0 Å². The van der Waals surface area contributed by atoms with E-state index < -0.39 is 16.1 Å². The van der Waals surface area contributed by atoms with Gasteiger partial charge in [0.15, 0.2) is 0 Å². The molecule has 3 atom stereocenters. The molecule has 1 fully saturated rings. The first-order valence-electron chi connectivity index (χ1n) is 13.0. The van der Waals surface area contributed by atoms with E-state index >= 15 is 0 Å². The molecule has 8 nitrogen and oxygen atoms in total. The summed E-state index contributed by atoms with van der Waals surface area (Å²) in [5, 5.41) is 7.01. The molecule has 0 radical (unpaired) electrons. The lowest BCUT2D eigenvalue weighted by atomic mass is 9.88. The molecular formula is C28H43N3O5S. The number of benzene rings is 2. The van der Waals surface area contributed by atoms with Crippen LogP contribution in [0.25, 0.3) is 0 Å². The van der Waals surface area contributed by atoms with E-state index in [1.165, 1.54) is 0 Å². The number of carbonyl (C=O) groups excluding carboxylic acids is 1. The number of rotatable bonds is 9. The highest BCUT2D eigenvalue weighted by atomic mass is 32.3. The van der Waals surface area contributed by atoms with E-state index in [0.717, 1.165) is 56.2 Å². The van der Waals surface area contributed by atoms with Gasteiger partial charge in [-0.3, -0.25) is 19.2 Å². The Hall–Kier alpha value is -2.14. The predicted octanol–water partition coefficient (Wildman–Crippen LogP) is 5.79. The molecule has 0 aliphatic carbocycles. The van der Waals surface area contributed by atoms with Gasteiger partial charge in [-0.25, -0.2) is 0 Å². The minimum absolute atomic E-state index is 0. The SMILES string of the molecule is CCCC[C@]1(CC)CS(O)(O)c2cc(COC(=O)[C@H]3CCCN3)c(OC)cc2[C@@H](c2ccccc2)N1.N.